The number of carbonyl (C=O) groups is 2. The fourth-order valence-electron chi connectivity index (χ4n) is 5.54. The van der Waals surface area contributed by atoms with Crippen molar-refractivity contribution in [1.29, 1.82) is 0 Å². The van der Waals surface area contributed by atoms with Crippen LogP contribution in [0, 0.1) is 12.7 Å². The Hall–Kier alpha value is -5.48. The van der Waals surface area contributed by atoms with Crippen LogP contribution in [0.5, 0.6) is 11.5 Å². The number of ether oxygens (including phenoxy) is 1. The minimum Gasteiger partial charge on any atom is -0.457 e. The van der Waals surface area contributed by atoms with Crippen LogP contribution in [-0.2, 0) is 32.6 Å². The standard InChI is InChI=1S/C41H42FN3O5S/c1-3-4-27-43-41(47)39(28-32-13-7-5-8-14-32)44(29-33-15-11-12-18-38(33)42)40(46)30-45(51(48,49)37-25-19-31(2)20-26-37)34-21-23-36(24-22-34)50-35-16-9-6-10-17-35/h5-26,39H,3-4,27-30H2,1-2H3,(H,43,47). The first-order valence-electron chi connectivity index (χ1n) is 16.9. The Labute approximate surface area is 299 Å². The predicted molar refractivity (Wildman–Crippen MR) is 197 cm³/mol. The maximum absolute atomic E-state index is 15.2. The predicted octanol–water partition coefficient (Wildman–Crippen LogP) is 7.68. The first-order chi connectivity index (χ1) is 24.7. The highest BCUT2D eigenvalue weighted by Crippen LogP contribution is 2.29. The number of nitrogens with zero attached hydrogens (tertiary/aromatic N) is 2. The van der Waals surface area contributed by atoms with Crippen LogP contribution in [0.15, 0.2) is 138 Å². The molecule has 0 aliphatic carbocycles. The van der Waals surface area contributed by atoms with Crippen LogP contribution in [0.25, 0.3) is 0 Å². The summed E-state index contributed by atoms with van der Waals surface area (Å²) in [6.45, 7) is 3.34. The first kappa shape index (κ1) is 36.8. The Morgan fingerprint density at radius 1 is 0.784 bits per heavy atom. The van der Waals surface area contributed by atoms with Crippen LogP contribution in [0.2, 0.25) is 0 Å². The second-order valence-electron chi connectivity index (χ2n) is 12.2. The molecular weight excluding hydrogens is 666 g/mol. The Morgan fingerprint density at radius 2 is 1.39 bits per heavy atom. The number of halogens is 1. The van der Waals surface area contributed by atoms with E-state index in [-0.39, 0.29) is 29.1 Å². The Balaban J connectivity index is 1.55. The lowest BCUT2D eigenvalue weighted by Gasteiger charge is -2.34. The van der Waals surface area contributed by atoms with Gasteiger partial charge >= 0.3 is 0 Å². The molecule has 5 aromatic carbocycles. The number of amides is 2. The van der Waals surface area contributed by atoms with Gasteiger partial charge in [0.2, 0.25) is 11.8 Å². The highest BCUT2D eigenvalue weighted by atomic mass is 32.2. The summed E-state index contributed by atoms with van der Waals surface area (Å²) in [7, 11) is -4.30. The summed E-state index contributed by atoms with van der Waals surface area (Å²) in [5.74, 6) is -0.553. The van der Waals surface area contributed by atoms with Gasteiger partial charge in [0.1, 0.15) is 29.9 Å². The number of hydrogen-bond donors (Lipinski definition) is 1. The molecule has 2 amide bonds. The normalized spacial score (nSPS) is 11.7. The highest BCUT2D eigenvalue weighted by molar-refractivity contribution is 7.92. The molecule has 0 saturated carbocycles. The number of hydrogen-bond acceptors (Lipinski definition) is 5. The minimum atomic E-state index is -4.30. The summed E-state index contributed by atoms with van der Waals surface area (Å²) in [4.78, 5) is 29.8. The van der Waals surface area contributed by atoms with Gasteiger partial charge in [-0.2, -0.15) is 0 Å². The average Bonchev–Trinajstić information content (AvgIpc) is 3.14. The van der Waals surface area contributed by atoms with Crippen molar-refractivity contribution in [2.75, 3.05) is 17.4 Å². The van der Waals surface area contributed by atoms with Crippen LogP contribution in [0.4, 0.5) is 10.1 Å². The maximum Gasteiger partial charge on any atom is 0.264 e. The van der Waals surface area contributed by atoms with Gasteiger partial charge in [-0.15, -0.1) is 0 Å². The van der Waals surface area contributed by atoms with E-state index >= 15 is 4.39 Å². The lowest BCUT2D eigenvalue weighted by molar-refractivity contribution is -0.140. The third kappa shape index (κ3) is 9.82. The minimum absolute atomic E-state index is 0.00990. The van der Waals surface area contributed by atoms with E-state index in [1.807, 2.05) is 62.4 Å². The Bertz CT molecular complexity index is 1990. The molecule has 10 heteroatoms. The molecular formula is C41H42FN3O5S. The molecule has 0 aliphatic rings. The molecule has 5 aromatic rings. The zero-order valence-corrected chi connectivity index (χ0v) is 29.6. The Kier molecular flexibility index (Phi) is 12.6. The molecule has 5 rings (SSSR count). The van der Waals surface area contributed by atoms with Gasteiger partial charge in [0.05, 0.1) is 10.6 Å². The molecule has 0 aliphatic heterocycles. The fourth-order valence-corrected chi connectivity index (χ4v) is 6.96. The van der Waals surface area contributed by atoms with E-state index in [4.69, 9.17) is 4.74 Å². The van der Waals surface area contributed by atoms with Crippen molar-refractivity contribution in [2.45, 2.75) is 50.6 Å². The zero-order valence-electron chi connectivity index (χ0n) is 28.7. The first-order valence-corrected chi connectivity index (χ1v) is 18.4. The number of rotatable bonds is 16. The van der Waals surface area contributed by atoms with E-state index in [2.05, 4.69) is 5.32 Å². The largest absolute Gasteiger partial charge is 0.457 e. The number of benzene rings is 5. The third-order valence-electron chi connectivity index (χ3n) is 8.39. The molecule has 1 unspecified atom stereocenters. The molecule has 0 bridgehead atoms. The SMILES string of the molecule is CCCCNC(=O)C(Cc1ccccc1)N(Cc1ccccc1F)C(=O)CN(c1ccc(Oc2ccccc2)cc1)S(=O)(=O)c1ccc(C)cc1. The van der Waals surface area contributed by atoms with Crippen molar-refractivity contribution >= 4 is 27.5 Å². The monoisotopic (exact) mass is 707 g/mol. The number of sulfonamides is 1. The van der Waals surface area contributed by atoms with Crippen LogP contribution in [0.1, 0.15) is 36.5 Å². The van der Waals surface area contributed by atoms with Gasteiger partial charge in [0.25, 0.3) is 10.0 Å². The number of unbranched alkanes of at least 4 members (excludes halogenated alkanes) is 1. The molecule has 0 heterocycles. The molecule has 51 heavy (non-hydrogen) atoms. The molecule has 8 nitrogen and oxygen atoms in total. The zero-order chi connectivity index (χ0) is 36.2. The summed E-state index contributed by atoms with van der Waals surface area (Å²) in [6.07, 6.45) is 1.72. The molecule has 264 valence electrons. The van der Waals surface area contributed by atoms with Crippen molar-refractivity contribution in [3.8, 4) is 11.5 Å². The summed E-state index contributed by atoms with van der Waals surface area (Å²) >= 11 is 0. The van der Waals surface area contributed by atoms with Crippen molar-refractivity contribution in [2.24, 2.45) is 0 Å². The molecule has 0 radical (unpaired) electrons. The van der Waals surface area contributed by atoms with E-state index in [1.165, 1.54) is 23.1 Å². The Morgan fingerprint density at radius 3 is 2.04 bits per heavy atom. The summed E-state index contributed by atoms with van der Waals surface area (Å²) in [5, 5.41) is 2.94. The van der Waals surface area contributed by atoms with E-state index in [9.17, 15) is 18.0 Å². The number of aryl methyl sites for hydroxylation is 1. The number of para-hydroxylation sites is 1. The van der Waals surface area contributed by atoms with Crippen molar-refractivity contribution in [1.82, 2.24) is 10.2 Å². The molecule has 0 saturated heterocycles. The quantitative estimate of drug-likeness (QED) is 0.106. The van der Waals surface area contributed by atoms with E-state index in [1.54, 1.807) is 66.7 Å². The average molecular weight is 708 g/mol. The van der Waals surface area contributed by atoms with Crippen molar-refractivity contribution in [3.63, 3.8) is 0 Å². The van der Waals surface area contributed by atoms with Gasteiger partial charge < -0.3 is 15.0 Å². The molecule has 0 spiro atoms. The number of carbonyl (C=O) groups excluding carboxylic acids is 2. The van der Waals surface area contributed by atoms with Gasteiger partial charge in [-0.3, -0.25) is 13.9 Å². The number of anilines is 1. The van der Waals surface area contributed by atoms with Gasteiger partial charge in [0.15, 0.2) is 0 Å². The summed E-state index contributed by atoms with van der Waals surface area (Å²) in [6, 6.07) is 36.1. The van der Waals surface area contributed by atoms with Crippen LogP contribution < -0.4 is 14.4 Å². The van der Waals surface area contributed by atoms with Crippen LogP contribution in [0.3, 0.4) is 0 Å². The van der Waals surface area contributed by atoms with Crippen molar-refractivity contribution in [3.05, 3.63) is 156 Å². The fraction of sp³-hybridized carbons (Fsp3) is 0.220. The van der Waals surface area contributed by atoms with Gasteiger partial charge in [0, 0.05) is 25.1 Å². The molecule has 1 atom stereocenters. The van der Waals surface area contributed by atoms with E-state index in [0.717, 1.165) is 28.3 Å². The van der Waals surface area contributed by atoms with Crippen LogP contribution in [-0.4, -0.2) is 44.3 Å². The third-order valence-corrected chi connectivity index (χ3v) is 10.2. The lowest BCUT2D eigenvalue weighted by atomic mass is 10.0. The van der Waals surface area contributed by atoms with E-state index in [0.29, 0.717) is 18.0 Å². The topological polar surface area (TPSA) is 96.0 Å². The molecule has 0 fully saturated rings. The highest BCUT2D eigenvalue weighted by Gasteiger charge is 2.35. The summed E-state index contributed by atoms with van der Waals surface area (Å²) < 4.78 is 50.8. The molecule has 0 aromatic heterocycles. The van der Waals surface area contributed by atoms with Gasteiger partial charge in [-0.1, -0.05) is 97.8 Å². The van der Waals surface area contributed by atoms with Gasteiger partial charge in [-0.25, -0.2) is 12.8 Å². The second-order valence-corrected chi connectivity index (χ2v) is 14.1. The summed E-state index contributed by atoms with van der Waals surface area (Å²) in [5.41, 5.74) is 2.06. The lowest BCUT2D eigenvalue weighted by Crippen LogP contribution is -2.53. The second kappa shape index (κ2) is 17.4. The van der Waals surface area contributed by atoms with E-state index < -0.39 is 40.2 Å². The number of nitrogens with one attached hydrogen (secondary N) is 1. The van der Waals surface area contributed by atoms with Crippen LogP contribution >= 0.6 is 0 Å². The van der Waals surface area contributed by atoms with Crippen molar-refractivity contribution < 1.29 is 27.1 Å². The maximum atomic E-state index is 15.2. The smallest absolute Gasteiger partial charge is 0.264 e. The molecule has 1 N–H and O–H groups in total. The van der Waals surface area contributed by atoms with Gasteiger partial charge in [-0.05, 0) is 73.5 Å².